The van der Waals surface area contributed by atoms with Gasteiger partial charge >= 0.3 is 15.6 Å². The van der Waals surface area contributed by atoms with Crippen molar-refractivity contribution in [2.75, 3.05) is 54.5 Å². The summed E-state index contributed by atoms with van der Waals surface area (Å²) in [5.74, 6) is 0.641. The van der Waals surface area contributed by atoms with E-state index in [0.717, 1.165) is 46.4 Å². The molecule has 5 atom stereocenters. The standard InChI is InChI=1S/C60H75N9O18P2S2/c1-6-68-46-34-48-43(33-42(46)38(2)35-59(68,3)4)40(31-47(85-48)39-19-11-9-12-20-39)21-13-10-14-22-50-60(5,44-32-41(91(81,82)83)24-25-45(44)67(50)29-18-30-90(78,79)80)26-17-23-51(70)62-27-15-7-8-16-28-63-58-66-52-55(61)64-37-65-56(52)69(58)57-53(71)54(87-89(75,76)77)49(86-57)36-84-88(72,73)74/h9-14,19-22,24-25,31-35,37,49,53-54,57,71H,6-8,15-18,23,26-30,36H2,1-5H3,(H9-,61,62,63,64,65,66,70,72,73,74,75,76,77,78,79,80,81,82,83)/p+1/t49-,53-,54-,57-,60?/m1/s1. The van der Waals surface area contributed by atoms with E-state index in [4.69, 9.17) is 19.7 Å². The number of aromatic nitrogens is 4. The number of unbranched alkanes of at least 4 members (excludes halogenated alkanes) is 3. The van der Waals surface area contributed by atoms with E-state index in [1.54, 1.807) is 6.07 Å². The Kier molecular flexibility index (Phi) is 21.0. The summed E-state index contributed by atoms with van der Waals surface area (Å²) >= 11 is 0. The number of rotatable bonds is 28. The molecule has 0 aliphatic carbocycles. The number of nitrogens with zero attached hydrogens (tertiary/aromatic N) is 6. The highest BCUT2D eigenvalue weighted by atomic mass is 32.2. The molecule has 0 spiro atoms. The van der Waals surface area contributed by atoms with Gasteiger partial charge in [-0.3, -0.25) is 27.5 Å². The Balaban J connectivity index is 0.866. The minimum Gasteiger partial charge on any atom is -0.456 e. The summed E-state index contributed by atoms with van der Waals surface area (Å²) in [5, 5.41) is 17.4. The summed E-state index contributed by atoms with van der Waals surface area (Å²) in [6.45, 7) is 11.2. The second-order valence-corrected chi connectivity index (χ2v) is 28.7. The van der Waals surface area contributed by atoms with Crippen LogP contribution < -0.4 is 26.0 Å². The average molecular weight is 1340 g/mol. The zero-order valence-corrected chi connectivity index (χ0v) is 54.1. The number of amides is 1. The summed E-state index contributed by atoms with van der Waals surface area (Å²) in [4.78, 5) is 65.9. The monoisotopic (exact) mass is 1340 g/mol. The summed E-state index contributed by atoms with van der Waals surface area (Å²) < 4.78 is 117. The van der Waals surface area contributed by atoms with Crippen molar-refractivity contribution in [2.45, 2.75) is 126 Å². The van der Waals surface area contributed by atoms with Gasteiger partial charge in [-0.1, -0.05) is 73.6 Å². The molecule has 0 saturated carbocycles. The Morgan fingerprint density at radius 1 is 0.901 bits per heavy atom. The number of benzene rings is 3. The number of aliphatic hydroxyl groups is 1. The Labute approximate surface area is 527 Å². The second kappa shape index (κ2) is 27.8. The lowest BCUT2D eigenvalue weighted by Crippen LogP contribution is -2.44. The highest BCUT2D eigenvalue weighted by Crippen LogP contribution is 2.49. The molecule has 31 heteroatoms. The predicted octanol–water partition coefficient (Wildman–Crippen LogP) is 7.75. The zero-order valence-electron chi connectivity index (χ0n) is 50.7. The zero-order chi connectivity index (χ0) is 65.8. The van der Waals surface area contributed by atoms with Gasteiger partial charge in [0, 0.05) is 78.6 Å². The number of nitrogens with one attached hydrogen (secondary N) is 2. The maximum absolute atomic E-state index is 13.4. The SMILES string of the molecule is CCN1c2cc3c(cc2C(C)=CC1(C)C)C(=CC=CC=CC1=[N+](CCCS(=O)(=O)O)c2ccc(S(=O)(=O)O)cc2C1(C)CCCC(=O)NCCCCCCNc1nc2c(N)ncnc2n1[C@@H]1O[C@H](COP(=O)(O)O)[C@@H](OP(=O)(O)O)[C@H]1O)C=C(c1ccccc1)O3. The van der Waals surface area contributed by atoms with Crippen molar-refractivity contribution >= 4 is 98.7 Å². The number of allylic oxidation sites excluding steroid dienone is 8. The summed E-state index contributed by atoms with van der Waals surface area (Å²) in [7, 11) is -19.4. The van der Waals surface area contributed by atoms with Gasteiger partial charge in [0.05, 0.1) is 28.2 Å². The van der Waals surface area contributed by atoms with E-state index in [-0.39, 0.29) is 58.7 Å². The quantitative estimate of drug-likeness (QED) is 0.00752. The molecule has 1 unspecified atom stereocenters. The van der Waals surface area contributed by atoms with E-state index < -0.39 is 78.2 Å². The number of carbonyl (C=O) groups is 1. The molecule has 0 bridgehead atoms. The summed E-state index contributed by atoms with van der Waals surface area (Å²) in [5.41, 5.74) is 12.8. The molecule has 11 N–H and O–H groups in total. The smallest absolute Gasteiger partial charge is 0.456 e. The predicted molar refractivity (Wildman–Crippen MR) is 341 cm³/mol. The molecule has 1 fully saturated rings. The molecular formula is C60H76N9O18P2S2+. The first kappa shape index (κ1) is 68.6. The number of aliphatic hydroxyl groups excluding tert-OH is 1. The van der Waals surface area contributed by atoms with Crippen LogP contribution >= 0.6 is 15.6 Å². The Morgan fingerprint density at radius 2 is 1.64 bits per heavy atom. The number of imidazole rings is 1. The van der Waals surface area contributed by atoms with Crippen molar-refractivity contribution in [1.29, 1.82) is 0 Å². The number of ether oxygens (including phenoxy) is 2. The Morgan fingerprint density at radius 3 is 2.33 bits per heavy atom. The maximum Gasteiger partial charge on any atom is 0.470 e. The number of likely N-dealkylation sites (N-methyl/N-ethyl adjacent to an activating group) is 1. The van der Waals surface area contributed by atoms with Crippen LogP contribution in [0.15, 0.2) is 114 Å². The van der Waals surface area contributed by atoms with E-state index in [2.05, 4.69) is 80.9 Å². The van der Waals surface area contributed by atoms with Crippen molar-refractivity contribution in [3.63, 3.8) is 0 Å². The van der Waals surface area contributed by atoms with E-state index in [1.807, 2.05) is 78.3 Å². The van der Waals surface area contributed by atoms with Gasteiger partial charge in [0.15, 0.2) is 28.9 Å². The molecule has 4 aliphatic heterocycles. The first-order chi connectivity index (χ1) is 42.9. The van der Waals surface area contributed by atoms with E-state index in [1.165, 1.54) is 16.7 Å². The van der Waals surface area contributed by atoms with Crippen LogP contribution in [0.25, 0.3) is 28.1 Å². The highest BCUT2D eigenvalue weighted by molar-refractivity contribution is 7.86. The number of nitrogens with two attached hydrogens (primary N) is 1. The molecular weight excluding hydrogens is 1260 g/mol. The van der Waals surface area contributed by atoms with Crippen LogP contribution in [0.2, 0.25) is 0 Å². The van der Waals surface area contributed by atoms with Gasteiger partial charge in [-0.25, -0.2) is 24.1 Å². The van der Waals surface area contributed by atoms with Crippen molar-refractivity contribution in [3.05, 3.63) is 132 Å². The fourth-order valence-electron chi connectivity index (χ4n) is 12.3. The fraction of sp³-hybridized carbons (Fsp3) is 0.417. The number of hydrogen-bond donors (Lipinski definition) is 10. The molecule has 1 amide bonds. The lowest BCUT2D eigenvalue weighted by Gasteiger charge is -2.43. The number of nitrogen functional groups attached to an aromatic ring is 1. The largest absolute Gasteiger partial charge is 0.470 e. The number of phosphoric acid groups is 2. The van der Waals surface area contributed by atoms with Crippen LogP contribution in [0.3, 0.4) is 0 Å². The summed E-state index contributed by atoms with van der Waals surface area (Å²) in [6, 6.07) is 18.3. The Bertz CT molecular complexity index is 4110. The molecule has 2 aromatic heterocycles. The number of anilines is 3. The third-order valence-corrected chi connectivity index (χ3v) is 19.0. The third-order valence-electron chi connectivity index (χ3n) is 16.3. The number of hydrogen-bond acceptors (Lipinski definition) is 18. The van der Waals surface area contributed by atoms with Gasteiger partial charge in [-0.05, 0) is 95.7 Å². The van der Waals surface area contributed by atoms with E-state index in [9.17, 15) is 64.5 Å². The van der Waals surface area contributed by atoms with Gasteiger partial charge in [0.25, 0.3) is 20.2 Å². The number of fused-ring (bicyclic) bond motifs is 4. The summed E-state index contributed by atoms with van der Waals surface area (Å²) in [6.07, 6.45) is 11.3. The fourth-order valence-corrected chi connectivity index (χ4v) is 14.2. The van der Waals surface area contributed by atoms with Crippen LogP contribution in [-0.4, -0.2) is 149 Å². The van der Waals surface area contributed by atoms with E-state index >= 15 is 0 Å². The second-order valence-electron chi connectivity index (χ2n) is 23.3. The Hall–Kier alpha value is -6.79. The first-order valence-corrected chi connectivity index (χ1v) is 35.6. The number of carbonyl (C=O) groups excluding carboxylic acids is 1. The van der Waals surface area contributed by atoms with E-state index in [0.29, 0.717) is 80.1 Å². The molecule has 3 aromatic carbocycles. The normalized spacial score (nSPS) is 21.3. The minimum atomic E-state index is -5.28. The van der Waals surface area contributed by atoms with Crippen LogP contribution in [-0.2, 0) is 53.4 Å². The maximum atomic E-state index is 13.4. The molecule has 5 aromatic rings. The van der Waals surface area contributed by atoms with Gasteiger partial charge in [-0.15, -0.1) is 0 Å². The number of phosphoric ester groups is 2. The van der Waals surface area contributed by atoms with Gasteiger partial charge in [0.2, 0.25) is 17.5 Å². The van der Waals surface area contributed by atoms with Crippen LogP contribution in [0.4, 0.5) is 23.1 Å². The lowest BCUT2D eigenvalue weighted by atomic mass is 9.75. The van der Waals surface area contributed by atoms with Crippen LogP contribution in [0.1, 0.15) is 114 Å². The molecule has 0 radical (unpaired) electrons. The minimum absolute atomic E-state index is 0.0114. The lowest BCUT2D eigenvalue weighted by molar-refractivity contribution is -0.437. The molecule has 4 aliphatic rings. The van der Waals surface area contributed by atoms with Crippen molar-refractivity contribution in [3.8, 4) is 5.75 Å². The molecule has 9 rings (SSSR count). The third kappa shape index (κ3) is 16.3. The molecule has 1 saturated heterocycles. The topological polar surface area (TPSA) is 398 Å². The van der Waals surface area contributed by atoms with Gasteiger partial charge in [-0.2, -0.15) is 21.4 Å². The molecule has 91 heavy (non-hydrogen) atoms. The van der Waals surface area contributed by atoms with Crippen molar-refractivity contribution < 1.29 is 87.6 Å². The van der Waals surface area contributed by atoms with Crippen LogP contribution in [0, 0.1) is 0 Å². The van der Waals surface area contributed by atoms with Crippen molar-refractivity contribution in [2.24, 2.45) is 0 Å². The van der Waals surface area contributed by atoms with Crippen LogP contribution in [0.5, 0.6) is 5.75 Å². The highest BCUT2D eigenvalue weighted by Gasteiger charge is 2.51. The average Bonchev–Trinajstić information content (AvgIpc) is 1.72. The van der Waals surface area contributed by atoms with Crippen molar-refractivity contribution in [1.82, 2.24) is 24.8 Å². The van der Waals surface area contributed by atoms with Gasteiger partial charge in [0.1, 0.15) is 42.7 Å². The molecule has 490 valence electrons. The molecule has 27 nitrogen and oxygen atoms in total. The first-order valence-electron chi connectivity index (χ1n) is 29.5. The van der Waals surface area contributed by atoms with Gasteiger partial charge < -0.3 is 55.4 Å². The molecule has 6 heterocycles.